The minimum absolute atomic E-state index is 0.00265. The van der Waals surface area contributed by atoms with Crippen LogP contribution in [0.15, 0.2) is 67.0 Å². The highest BCUT2D eigenvalue weighted by Crippen LogP contribution is 2.50. The summed E-state index contributed by atoms with van der Waals surface area (Å²) in [5.41, 5.74) is 4.60. The first-order valence-corrected chi connectivity index (χ1v) is 12.8. The van der Waals surface area contributed by atoms with Gasteiger partial charge in [0.25, 0.3) is 0 Å². The van der Waals surface area contributed by atoms with Gasteiger partial charge in [-0.1, -0.05) is 60.8 Å². The largest absolute Gasteiger partial charge is 0.375 e. The summed E-state index contributed by atoms with van der Waals surface area (Å²) in [7, 11) is 0. The lowest BCUT2D eigenvalue weighted by atomic mass is 9.66. The zero-order valence-electron chi connectivity index (χ0n) is 19.5. The van der Waals surface area contributed by atoms with E-state index in [0.717, 1.165) is 62.9 Å². The minimum Gasteiger partial charge on any atom is -0.375 e. The Bertz CT molecular complexity index is 1110. The lowest BCUT2D eigenvalue weighted by Gasteiger charge is -2.47. The number of nitrogens with one attached hydrogen (secondary N) is 1. The first-order valence-electron chi connectivity index (χ1n) is 12.4. The van der Waals surface area contributed by atoms with Crippen LogP contribution >= 0.6 is 11.6 Å². The van der Waals surface area contributed by atoms with E-state index >= 15 is 0 Å². The molecular formula is C29H32ClFN2O. The molecule has 0 bridgehead atoms. The molecule has 3 nitrogen and oxygen atoms in total. The quantitative estimate of drug-likeness (QED) is 0.368. The molecule has 5 rings (SSSR count). The van der Waals surface area contributed by atoms with Crippen molar-refractivity contribution in [1.29, 1.82) is 0 Å². The molecule has 1 aromatic heterocycles. The Balaban J connectivity index is 1.32. The highest BCUT2D eigenvalue weighted by molar-refractivity contribution is 6.33. The van der Waals surface area contributed by atoms with Crippen molar-refractivity contribution in [2.45, 2.75) is 62.5 Å². The van der Waals surface area contributed by atoms with Crippen LogP contribution in [0.2, 0.25) is 5.02 Å². The summed E-state index contributed by atoms with van der Waals surface area (Å²) in [6.07, 6.45) is 11.2. The van der Waals surface area contributed by atoms with E-state index in [2.05, 4.69) is 28.5 Å². The predicted molar refractivity (Wildman–Crippen MR) is 135 cm³/mol. The molecule has 1 aliphatic heterocycles. The zero-order valence-corrected chi connectivity index (χ0v) is 20.3. The van der Waals surface area contributed by atoms with E-state index in [1.807, 2.05) is 24.3 Å². The van der Waals surface area contributed by atoms with Gasteiger partial charge < -0.3 is 10.1 Å². The molecule has 3 aromatic rings. The van der Waals surface area contributed by atoms with Gasteiger partial charge in [0.1, 0.15) is 5.82 Å². The summed E-state index contributed by atoms with van der Waals surface area (Å²) in [6.45, 7) is 2.42. The Hall–Kier alpha value is -2.27. The third-order valence-corrected chi connectivity index (χ3v) is 8.10. The number of nitrogens with zero attached hydrogens (tertiary/aromatic N) is 1. The van der Waals surface area contributed by atoms with Crippen molar-refractivity contribution in [1.82, 2.24) is 10.3 Å². The van der Waals surface area contributed by atoms with E-state index < -0.39 is 0 Å². The van der Waals surface area contributed by atoms with E-state index in [1.54, 1.807) is 24.5 Å². The van der Waals surface area contributed by atoms with Crippen LogP contribution in [-0.4, -0.2) is 23.7 Å². The van der Waals surface area contributed by atoms with E-state index in [1.165, 1.54) is 24.0 Å². The Morgan fingerprint density at radius 1 is 0.971 bits per heavy atom. The molecule has 1 N–H and O–H groups in total. The Kier molecular flexibility index (Phi) is 7.01. The molecule has 1 aliphatic carbocycles. The van der Waals surface area contributed by atoms with Gasteiger partial charge >= 0.3 is 0 Å². The molecule has 2 aromatic carbocycles. The number of hydrogen-bond acceptors (Lipinski definition) is 3. The number of rotatable bonds is 7. The number of aromatic nitrogens is 1. The molecular weight excluding hydrogens is 447 g/mol. The van der Waals surface area contributed by atoms with Crippen molar-refractivity contribution in [3.05, 3.63) is 89.0 Å². The van der Waals surface area contributed by atoms with E-state index in [9.17, 15) is 4.39 Å². The first-order chi connectivity index (χ1) is 16.6. The summed E-state index contributed by atoms with van der Waals surface area (Å²) in [6, 6.07) is 17.5. The summed E-state index contributed by atoms with van der Waals surface area (Å²) < 4.78 is 20.1. The maximum atomic E-state index is 13.7. The standard InChI is InChI=1S/C29H32ClFN2O/c30-27-20-32-16-11-26(27)25-6-2-1-5-22(25)19-33-17-14-28(23-7-9-24(31)10-8-23)15-18-34-29(21-28)12-3-4-13-29/h1-2,5-11,16,20,33H,3-4,12-15,17-19,21H2/t28-/m1/s1. The molecule has 0 amide bonds. The topological polar surface area (TPSA) is 34.2 Å². The normalized spacial score (nSPS) is 21.7. The van der Waals surface area contributed by atoms with Gasteiger partial charge in [-0.3, -0.25) is 4.98 Å². The van der Waals surface area contributed by atoms with Crippen molar-refractivity contribution in [3.63, 3.8) is 0 Å². The molecule has 0 unspecified atom stereocenters. The molecule has 178 valence electrons. The summed E-state index contributed by atoms with van der Waals surface area (Å²) in [5, 5.41) is 4.35. The summed E-state index contributed by atoms with van der Waals surface area (Å²) in [5.74, 6) is -0.175. The Morgan fingerprint density at radius 3 is 2.56 bits per heavy atom. The molecule has 5 heteroatoms. The van der Waals surface area contributed by atoms with Gasteiger partial charge in [-0.25, -0.2) is 4.39 Å². The van der Waals surface area contributed by atoms with Crippen LogP contribution < -0.4 is 5.32 Å². The molecule has 0 radical (unpaired) electrons. The van der Waals surface area contributed by atoms with Gasteiger partial charge in [0.2, 0.25) is 0 Å². The van der Waals surface area contributed by atoms with Crippen LogP contribution in [0.25, 0.3) is 11.1 Å². The van der Waals surface area contributed by atoms with Gasteiger partial charge in [-0.15, -0.1) is 0 Å². The molecule has 1 spiro atoms. The van der Waals surface area contributed by atoms with Crippen molar-refractivity contribution >= 4 is 11.6 Å². The van der Waals surface area contributed by atoms with E-state index in [-0.39, 0.29) is 16.8 Å². The molecule has 2 aliphatic rings. The molecule has 34 heavy (non-hydrogen) atoms. The number of halogens is 2. The second-order valence-electron chi connectivity index (χ2n) is 9.89. The average molecular weight is 479 g/mol. The van der Waals surface area contributed by atoms with Gasteiger partial charge in [0, 0.05) is 36.5 Å². The molecule has 1 saturated carbocycles. The average Bonchev–Trinajstić information content (AvgIpc) is 3.30. The second-order valence-corrected chi connectivity index (χ2v) is 10.3. The number of hydrogen-bond donors (Lipinski definition) is 1. The SMILES string of the molecule is Fc1ccc([C@]2(CCNCc3ccccc3-c3ccncc3Cl)CCOC3(CCCC3)C2)cc1. The fourth-order valence-electron chi connectivity index (χ4n) is 6.05. The highest BCUT2D eigenvalue weighted by Gasteiger charge is 2.47. The molecule has 2 fully saturated rings. The fourth-order valence-corrected chi connectivity index (χ4v) is 6.27. The van der Waals surface area contributed by atoms with Gasteiger partial charge in [-0.2, -0.15) is 0 Å². The third kappa shape index (κ3) is 4.91. The lowest BCUT2D eigenvalue weighted by Crippen LogP contribution is -2.47. The fraction of sp³-hybridized carbons (Fsp3) is 0.414. The van der Waals surface area contributed by atoms with Crippen molar-refractivity contribution in [2.75, 3.05) is 13.2 Å². The van der Waals surface area contributed by atoms with E-state index in [4.69, 9.17) is 16.3 Å². The summed E-state index contributed by atoms with van der Waals surface area (Å²) >= 11 is 6.43. The first kappa shape index (κ1) is 23.5. The van der Waals surface area contributed by atoms with E-state index in [0.29, 0.717) is 5.02 Å². The Morgan fingerprint density at radius 2 is 1.76 bits per heavy atom. The smallest absolute Gasteiger partial charge is 0.123 e. The maximum absolute atomic E-state index is 13.7. The third-order valence-electron chi connectivity index (χ3n) is 7.80. The summed E-state index contributed by atoms with van der Waals surface area (Å²) in [4.78, 5) is 4.12. The van der Waals surface area contributed by atoms with Crippen LogP contribution in [0.1, 0.15) is 56.1 Å². The van der Waals surface area contributed by atoms with Gasteiger partial charge in [-0.05, 0) is 73.5 Å². The van der Waals surface area contributed by atoms with Crippen molar-refractivity contribution < 1.29 is 9.13 Å². The van der Waals surface area contributed by atoms with Gasteiger partial charge in [0.15, 0.2) is 0 Å². The van der Waals surface area contributed by atoms with Crippen molar-refractivity contribution in [3.8, 4) is 11.1 Å². The van der Waals surface area contributed by atoms with Crippen LogP contribution in [0.3, 0.4) is 0 Å². The molecule has 2 heterocycles. The molecule has 1 atom stereocenters. The highest BCUT2D eigenvalue weighted by atomic mass is 35.5. The number of pyridine rings is 1. The predicted octanol–water partition coefficient (Wildman–Crippen LogP) is 7.08. The van der Waals surface area contributed by atoms with Crippen LogP contribution in [0, 0.1) is 5.82 Å². The number of benzene rings is 2. The lowest BCUT2D eigenvalue weighted by molar-refractivity contribution is -0.103. The zero-order chi connectivity index (χ0) is 23.4. The second kappa shape index (κ2) is 10.2. The van der Waals surface area contributed by atoms with Crippen LogP contribution in [0.4, 0.5) is 4.39 Å². The minimum atomic E-state index is -0.175. The van der Waals surface area contributed by atoms with Crippen LogP contribution in [-0.2, 0) is 16.7 Å². The monoisotopic (exact) mass is 478 g/mol. The van der Waals surface area contributed by atoms with Crippen molar-refractivity contribution in [2.24, 2.45) is 0 Å². The Labute approximate surface area is 206 Å². The van der Waals surface area contributed by atoms with Crippen LogP contribution in [0.5, 0.6) is 0 Å². The number of ether oxygens (including phenoxy) is 1. The maximum Gasteiger partial charge on any atom is 0.123 e. The van der Waals surface area contributed by atoms with Gasteiger partial charge in [0.05, 0.1) is 10.6 Å². The molecule has 1 saturated heterocycles.